The van der Waals surface area contributed by atoms with Crippen molar-refractivity contribution in [3.8, 4) is 0 Å². The van der Waals surface area contributed by atoms with Crippen LogP contribution in [0.3, 0.4) is 0 Å². The molecule has 1 aliphatic heterocycles. The summed E-state index contributed by atoms with van der Waals surface area (Å²) in [7, 11) is 0. The summed E-state index contributed by atoms with van der Waals surface area (Å²) in [6.07, 6.45) is 4.67. The van der Waals surface area contributed by atoms with Crippen LogP contribution in [0, 0.1) is 0 Å². The molecule has 1 aromatic heterocycles. The summed E-state index contributed by atoms with van der Waals surface area (Å²) in [6, 6.07) is 0.432. The number of rotatable bonds is 2. The molecule has 70 valence electrons. The van der Waals surface area contributed by atoms with E-state index in [0.717, 1.165) is 23.4 Å². The van der Waals surface area contributed by atoms with Crippen molar-refractivity contribution in [2.24, 2.45) is 5.73 Å². The lowest BCUT2D eigenvalue weighted by molar-refractivity contribution is 0.447. The quantitative estimate of drug-likeness (QED) is 0.833. The molecule has 1 atom stereocenters. The van der Waals surface area contributed by atoms with Gasteiger partial charge in [-0.1, -0.05) is 0 Å². The molecule has 2 N–H and O–H groups in total. The van der Waals surface area contributed by atoms with Crippen molar-refractivity contribution in [3.05, 3.63) is 16.9 Å². The molecule has 0 radical (unpaired) electrons. The van der Waals surface area contributed by atoms with Crippen molar-refractivity contribution in [1.29, 1.82) is 0 Å². The second-order valence-corrected chi connectivity index (χ2v) is 3.99. The van der Waals surface area contributed by atoms with Crippen LogP contribution in [0.15, 0.2) is 16.9 Å². The Morgan fingerprint density at radius 2 is 2.23 bits per heavy atom. The maximum atomic E-state index is 5.58. The van der Waals surface area contributed by atoms with Gasteiger partial charge in [-0.25, -0.2) is 9.97 Å². The van der Waals surface area contributed by atoms with Crippen LogP contribution in [-0.4, -0.2) is 29.1 Å². The number of hydrogen-bond donors (Lipinski definition) is 1. The van der Waals surface area contributed by atoms with Gasteiger partial charge in [-0.3, -0.25) is 0 Å². The average Bonchev–Trinajstić information content (AvgIpc) is 2.08. The van der Waals surface area contributed by atoms with Gasteiger partial charge in [-0.15, -0.1) is 0 Å². The molecular formula is C8H11BrN4. The van der Waals surface area contributed by atoms with Crippen molar-refractivity contribution in [3.63, 3.8) is 0 Å². The largest absolute Gasteiger partial charge is 0.336 e. The predicted molar refractivity (Wildman–Crippen MR) is 54.5 cm³/mol. The van der Waals surface area contributed by atoms with Crippen LogP contribution in [0.25, 0.3) is 0 Å². The second kappa shape index (κ2) is 3.59. The summed E-state index contributed by atoms with van der Waals surface area (Å²) in [5.41, 5.74) is 5.58. The minimum atomic E-state index is 0.432. The lowest BCUT2D eigenvalue weighted by atomic mass is 10.0. The maximum absolute atomic E-state index is 5.58. The lowest BCUT2D eigenvalue weighted by Crippen LogP contribution is -2.52. The Kier molecular flexibility index (Phi) is 2.46. The van der Waals surface area contributed by atoms with E-state index in [1.54, 1.807) is 12.4 Å². The van der Waals surface area contributed by atoms with Crippen LogP contribution in [0.4, 0.5) is 5.95 Å². The zero-order chi connectivity index (χ0) is 9.26. The third kappa shape index (κ3) is 1.66. The SMILES string of the molecule is NCC1CCN1c1ncc(Br)cn1. The fourth-order valence-corrected chi connectivity index (χ4v) is 1.61. The molecule has 1 aromatic rings. The van der Waals surface area contributed by atoms with Crippen LogP contribution >= 0.6 is 15.9 Å². The Balaban J connectivity index is 2.12. The zero-order valence-electron chi connectivity index (χ0n) is 7.15. The highest BCUT2D eigenvalue weighted by Gasteiger charge is 2.28. The van der Waals surface area contributed by atoms with Gasteiger partial charge >= 0.3 is 0 Å². The molecule has 2 heterocycles. The molecule has 1 saturated heterocycles. The van der Waals surface area contributed by atoms with Gasteiger partial charge in [-0.05, 0) is 22.4 Å². The summed E-state index contributed by atoms with van der Waals surface area (Å²) in [5.74, 6) is 0.782. The predicted octanol–water partition coefficient (Wildman–Crippen LogP) is 0.776. The molecule has 2 rings (SSSR count). The Bertz CT molecular complexity index is 285. The van der Waals surface area contributed by atoms with E-state index in [1.807, 2.05) is 0 Å². The number of nitrogens with two attached hydrogens (primary N) is 1. The van der Waals surface area contributed by atoms with Crippen LogP contribution in [0.5, 0.6) is 0 Å². The van der Waals surface area contributed by atoms with E-state index >= 15 is 0 Å². The van der Waals surface area contributed by atoms with Crippen LogP contribution in [-0.2, 0) is 0 Å². The topological polar surface area (TPSA) is 55.0 Å². The standard InChI is InChI=1S/C8H11BrN4/c9-6-4-11-8(12-5-6)13-2-1-7(13)3-10/h4-5,7H,1-3,10H2. The minimum absolute atomic E-state index is 0.432. The molecule has 1 unspecified atom stereocenters. The molecule has 0 bridgehead atoms. The molecule has 0 saturated carbocycles. The first-order valence-electron chi connectivity index (χ1n) is 4.25. The summed E-state index contributed by atoms with van der Waals surface area (Å²) in [6.45, 7) is 1.70. The number of hydrogen-bond acceptors (Lipinski definition) is 4. The van der Waals surface area contributed by atoms with Crippen LogP contribution in [0.2, 0.25) is 0 Å². The van der Waals surface area contributed by atoms with Crippen LogP contribution in [0.1, 0.15) is 6.42 Å². The molecule has 13 heavy (non-hydrogen) atoms. The van der Waals surface area contributed by atoms with E-state index in [4.69, 9.17) is 5.73 Å². The number of aromatic nitrogens is 2. The third-order valence-corrected chi connectivity index (χ3v) is 2.69. The van der Waals surface area contributed by atoms with Gasteiger partial charge in [0, 0.05) is 31.5 Å². The summed E-state index contributed by atoms with van der Waals surface area (Å²) >= 11 is 3.30. The van der Waals surface area contributed by atoms with E-state index in [9.17, 15) is 0 Å². The van der Waals surface area contributed by atoms with Crippen LogP contribution < -0.4 is 10.6 Å². The normalized spacial score (nSPS) is 21.4. The summed E-state index contributed by atoms with van der Waals surface area (Å²) < 4.78 is 0.904. The highest BCUT2D eigenvalue weighted by atomic mass is 79.9. The monoisotopic (exact) mass is 242 g/mol. The maximum Gasteiger partial charge on any atom is 0.225 e. The fraction of sp³-hybridized carbons (Fsp3) is 0.500. The number of nitrogens with zero attached hydrogens (tertiary/aromatic N) is 3. The van der Waals surface area contributed by atoms with Crippen molar-refractivity contribution < 1.29 is 0 Å². The first-order valence-corrected chi connectivity index (χ1v) is 5.05. The minimum Gasteiger partial charge on any atom is -0.336 e. The van der Waals surface area contributed by atoms with E-state index in [2.05, 4.69) is 30.8 Å². The highest BCUT2D eigenvalue weighted by Crippen LogP contribution is 2.22. The van der Waals surface area contributed by atoms with E-state index < -0.39 is 0 Å². The van der Waals surface area contributed by atoms with Gasteiger partial charge in [0.15, 0.2) is 0 Å². The van der Waals surface area contributed by atoms with Gasteiger partial charge < -0.3 is 10.6 Å². The Morgan fingerprint density at radius 3 is 2.69 bits per heavy atom. The molecule has 1 aliphatic rings. The first-order chi connectivity index (χ1) is 6.31. The molecular weight excluding hydrogens is 232 g/mol. The number of anilines is 1. The first kappa shape index (κ1) is 8.90. The Labute approximate surface area is 85.3 Å². The Morgan fingerprint density at radius 1 is 1.54 bits per heavy atom. The van der Waals surface area contributed by atoms with Crippen molar-refractivity contribution in [2.75, 3.05) is 18.0 Å². The van der Waals surface area contributed by atoms with Gasteiger partial charge in [-0.2, -0.15) is 0 Å². The average molecular weight is 243 g/mol. The lowest BCUT2D eigenvalue weighted by Gasteiger charge is -2.40. The van der Waals surface area contributed by atoms with Gasteiger partial charge in [0.1, 0.15) is 0 Å². The highest BCUT2D eigenvalue weighted by molar-refractivity contribution is 9.10. The molecule has 0 spiro atoms. The summed E-state index contributed by atoms with van der Waals surface area (Å²) in [5, 5.41) is 0. The van der Waals surface area contributed by atoms with Crippen molar-refractivity contribution >= 4 is 21.9 Å². The van der Waals surface area contributed by atoms with Crippen molar-refractivity contribution in [2.45, 2.75) is 12.5 Å². The molecule has 0 aromatic carbocycles. The van der Waals surface area contributed by atoms with E-state index in [1.165, 1.54) is 0 Å². The molecule has 1 fully saturated rings. The third-order valence-electron chi connectivity index (χ3n) is 2.28. The second-order valence-electron chi connectivity index (χ2n) is 3.07. The van der Waals surface area contributed by atoms with E-state index in [0.29, 0.717) is 12.6 Å². The van der Waals surface area contributed by atoms with Gasteiger partial charge in [0.05, 0.1) is 4.47 Å². The van der Waals surface area contributed by atoms with Gasteiger partial charge in [0.2, 0.25) is 5.95 Å². The Hall–Kier alpha value is -0.680. The van der Waals surface area contributed by atoms with E-state index in [-0.39, 0.29) is 0 Å². The molecule has 0 aliphatic carbocycles. The van der Waals surface area contributed by atoms with Crippen molar-refractivity contribution in [1.82, 2.24) is 9.97 Å². The molecule has 5 heteroatoms. The number of halogens is 1. The smallest absolute Gasteiger partial charge is 0.225 e. The molecule has 4 nitrogen and oxygen atoms in total. The molecule has 0 amide bonds. The van der Waals surface area contributed by atoms with Gasteiger partial charge in [0.25, 0.3) is 0 Å². The fourth-order valence-electron chi connectivity index (χ4n) is 1.40. The zero-order valence-corrected chi connectivity index (χ0v) is 8.74. The summed E-state index contributed by atoms with van der Waals surface area (Å²) in [4.78, 5) is 10.6.